The van der Waals surface area contributed by atoms with Crippen LogP contribution in [0.4, 0.5) is 17.3 Å². The van der Waals surface area contributed by atoms with Crippen LogP contribution in [-0.4, -0.2) is 16.2 Å². The first-order valence-corrected chi connectivity index (χ1v) is 7.44. The van der Waals surface area contributed by atoms with Crippen molar-refractivity contribution in [3.63, 3.8) is 0 Å². The van der Waals surface area contributed by atoms with Gasteiger partial charge in [0.05, 0.1) is 0 Å². The number of anilines is 3. The maximum absolute atomic E-state index is 5.38. The highest BCUT2D eigenvalue weighted by atomic mass is 127. The molecule has 0 aliphatic heterocycles. The standard InChI is InChI=1S/C11H12IN5S/c1-18-11-15-9(6-10(16-11)17-13)14-8-4-2-7(12)3-5-8/h2-6H,13H2,1H3,(H2,14,15,16,17). The fourth-order valence-electron chi connectivity index (χ4n) is 1.34. The Morgan fingerprint density at radius 1 is 1.17 bits per heavy atom. The quantitative estimate of drug-likeness (QED) is 0.252. The summed E-state index contributed by atoms with van der Waals surface area (Å²) in [5.41, 5.74) is 3.51. The lowest BCUT2D eigenvalue weighted by Gasteiger charge is -2.08. The summed E-state index contributed by atoms with van der Waals surface area (Å²) in [6, 6.07) is 9.82. The summed E-state index contributed by atoms with van der Waals surface area (Å²) in [4.78, 5) is 8.56. The second kappa shape index (κ2) is 6.21. The number of nitrogen functional groups attached to an aromatic ring is 1. The number of nitrogens with two attached hydrogens (primary N) is 1. The zero-order valence-corrected chi connectivity index (χ0v) is 12.6. The smallest absolute Gasteiger partial charge is 0.191 e. The molecule has 0 bridgehead atoms. The van der Waals surface area contributed by atoms with Crippen molar-refractivity contribution in [2.24, 2.45) is 5.84 Å². The van der Waals surface area contributed by atoms with Crippen molar-refractivity contribution in [1.29, 1.82) is 0 Å². The van der Waals surface area contributed by atoms with Crippen molar-refractivity contribution in [3.05, 3.63) is 33.9 Å². The highest BCUT2D eigenvalue weighted by Gasteiger charge is 2.03. The molecule has 2 rings (SSSR count). The van der Waals surface area contributed by atoms with Crippen LogP contribution in [0, 0.1) is 3.57 Å². The molecule has 0 saturated heterocycles. The first kappa shape index (κ1) is 13.4. The van der Waals surface area contributed by atoms with Crippen molar-refractivity contribution in [3.8, 4) is 0 Å². The average molecular weight is 373 g/mol. The number of hydrazine groups is 1. The van der Waals surface area contributed by atoms with Gasteiger partial charge >= 0.3 is 0 Å². The summed E-state index contributed by atoms with van der Waals surface area (Å²) >= 11 is 3.73. The molecule has 0 unspecified atom stereocenters. The first-order valence-electron chi connectivity index (χ1n) is 5.13. The summed E-state index contributed by atoms with van der Waals surface area (Å²) in [7, 11) is 0. The predicted octanol–water partition coefficient (Wildman–Crippen LogP) is 2.83. The van der Waals surface area contributed by atoms with Gasteiger partial charge in [0.25, 0.3) is 0 Å². The lowest BCUT2D eigenvalue weighted by Crippen LogP contribution is -2.10. The van der Waals surface area contributed by atoms with E-state index in [2.05, 4.69) is 43.3 Å². The molecule has 0 atom stereocenters. The van der Waals surface area contributed by atoms with Gasteiger partial charge in [-0.1, -0.05) is 11.8 Å². The number of nitrogens with zero attached hydrogens (tertiary/aromatic N) is 2. The molecule has 0 spiro atoms. The number of thioether (sulfide) groups is 1. The van der Waals surface area contributed by atoms with Gasteiger partial charge in [-0.25, -0.2) is 15.8 Å². The van der Waals surface area contributed by atoms with Crippen LogP contribution in [0.25, 0.3) is 0 Å². The van der Waals surface area contributed by atoms with E-state index in [0.29, 0.717) is 16.8 Å². The van der Waals surface area contributed by atoms with Crippen molar-refractivity contribution < 1.29 is 0 Å². The summed E-state index contributed by atoms with van der Waals surface area (Å²) in [5, 5.41) is 3.88. The molecule has 18 heavy (non-hydrogen) atoms. The van der Waals surface area contributed by atoms with E-state index in [4.69, 9.17) is 5.84 Å². The Kier molecular flexibility index (Phi) is 4.61. The highest BCUT2D eigenvalue weighted by Crippen LogP contribution is 2.20. The van der Waals surface area contributed by atoms with E-state index >= 15 is 0 Å². The van der Waals surface area contributed by atoms with Gasteiger partial charge in [0, 0.05) is 15.3 Å². The monoisotopic (exact) mass is 373 g/mol. The number of benzene rings is 1. The molecule has 0 aliphatic carbocycles. The molecule has 0 radical (unpaired) electrons. The van der Waals surface area contributed by atoms with E-state index in [-0.39, 0.29) is 0 Å². The van der Waals surface area contributed by atoms with E-state index in [0.717, 1.165) is 5.69 Å². The molecular formula is C11H12IN5S. The number of nitrogens with one attached hydrogen (secondary N) is 2. The minimum absolute atomic E-state index is 0.586. The van der Waals surface area contributed by atoms with E-state index < -0.39 is 0 Å². The summed E-state index contributed by atoms with van der Waals surface area (Å²) in [6.45, 7) is 0. The van der Waals surface area contributed by atoms with Crippen LogP contribution in [0.3, 0.4) is 0 Å². The molecule has 2 aromatic rings. The number of hydrogen-bond acceptors (Lipinski definition) is 6. The molecule has 1 heterocycles. The van der Waals surface area contributed by atoms with Gasteiger partial charge in [-0.3, -0.25) is 0 Å². The van der Waals surface area contributed by atoms with Gasteiger partial charge < -0.3 is 10.7 Å². The van der Waals surface area contributed by atoms with Gasteiger partial charge in [0.15, 0.2) is 5.16 Å². The fourth-order valence-corrected chi connectivity index (χ4v) is 2.07. The van der Waals surface area contributed by atoms with Crippen LogP contribution in [0.1, 0.15) is 0 Å². The van der Waals surface area contributed by atoms with E-state index in [1.807, 2.05) is 30.5 Å². The zero-order chi connectivity index (χ0) is 13.0. The van der Waals surface area contributed by atoms with Crippen LogP contribution in [0.15, 0.2) is 35.5 Å². The van der Waals surface area contributed by atoms with Crippen molar-refractivity contribution in [1.82, 2.24) is 9.97 Å². The summed E-state index contributed by atoms with van der Waals surface area (Å²) in [5.74, 6) is 6.67. The molecule has 0 amide bonds. The maximum atomic E-state index is 5.38. The zero-order valence-electron chi connectivity index (χ0n) is 9.64. The summed E-state index contributed by atoms with van der Waals surface area (Å²) < 4.78 is 1.19. The number of hydrogen-bond donors (Lipinski definition) is 3. The second-order valence-corrected chi connectivity index (χ2v) is 5.42. The number of halogens is 1. The summed E-state index contributed by atoms with van der Waals surface area (Å²) in [6.07, 6.45) is 1.92. The molecule has 7 heteroatoms. The van der Waals surface area contributed by atoms with Crippen LogP contribution < -0.4 is 16.6 Å². The molecule has 0 saturated carbocycles. The predicted molar refractivity (Wildman–Crippen MR) is 84.1 cm³/mol. The van der Waals surface area contributed by atoms with Crippen LogP contribution in [0.2, 0.25) is 0 Å². The average Bonchev–Trinajstić information content (AvgIpc) is 2.41. The Balaban J connectivity index is 2.25. The Hall–Kier alpha value is -1.06. The van der Waals surface area contributed by atoms with Gasteiger partial charge in [0.1, 0.15) is 11.6 Å². The van der Waals surface area contributed by atoms with Crippen LogP contribution in [-0.2, 0) is 0 Å². The fraction of sp³-hybridized carbons (Fsp3) is 0.0909. The Bertz CT molecular complexity index is 509. The molecular weight excluding hydrogens is 361 g/mol. The van der Waals surface area contributed by atoms with Gasteiger partial charge in [-0.05, 0) is 53.1 Å². The lowest BCUT2D eigenvalue weighted by atomic mass is 10.3. The van der Waals surface area contributed by atoms with E-state index in [1.54, 1.807) is 6.07 Å². The number of aromatic nitrogens is 2. The highest BCUT2D eigenvalue weighted by molar-refractivity contribution is 14.1. The minimum atomic E-state index is 0.586. The van der Waals surface area contributed by atoms with Crippen LogP contribution >= 0.6 is 34.4 Å². The van der Waals surface area contributed by atoms with E-state index in [9.17, 15) is 0 Å². The van der Waals surface area contributed by atoms with Crippen LogP contribution in [0.5, 0.6) is 0 Å². The Morgan fingerprint density at radius 2 is 1.83 bits per heavy atom. The molecule has 5 nitrogen and oxygen atoms in total. The SMILES string of the molecule is CSc1nc(NN)cc(Nc2ccc(I)cc2)n1. The van der Waals surface area contributed by atoms with Gasteiger partial charge in [0.2, 0.25) is 0 Å². The van der Waals surface area contributed by atoms with E-state index in [1.165, 1.54) is 15.3 Å². The van der Waals surface area contributed by atoms with Crippen molar-refractivity contribution in [2.75, 3.05) is 17.0 Å². The normalized spacial score (nSPS) is 10.2. The minimum Gasteiger partial charge on any atom is -0.340 e. The van der Waals surface area contributed by atoms with Crippen molar-refractivity contribution >= 4 is 51.7 Å². The third-order valence-electron chi connectivity index (χ3n) is 2.15. The molecule has 0 aliphatic rings. The molecule has 0 fully saturated rings. The van der Waals surface area contributed by atoms with Crippen molar-refractivity contribution in [2.45, 2.75) is 5.16 Å². The maximum Gasteiger partial charge on any atom is 0.191 e. The largest absolute Gasteiger partial charge is 0.340 e. The molecule has 1 aromatic heterocycles. The van der Waals surface area contributed by atoms with Gasteiger partial charge in [-0.2, -0.15) is 0 Å². The second-order valence-electron chi connectivity index (χ2n) is 3.40. The lowest BCUT2D eigenvalue weighted by molar-refractivity contribution is 0.971. The Morgan fingerprint density at radius 3 is 2.44 bits per heavy atom. The molecule has 94 valence electrons. The topological polar surface area (TPSA) is 75.9 Å². The first-order chi connectivity index (χ1) is 8.71. The third-order valence-corrected chi connectivity index (χ3v) is 3.42. The third kappa shape index (κ3) is 3.47. The van der Waals surface area contributed by atoms with Gasteiger partial charge in [-0.15, -0.1) is 0 Å². The Labute approximate surface area is 123 Å². The number of rotatable bonds is 4. The molecule has 1 aromatic carbocycles. The molecule has 4 N–H and O–H groups in total.